The molecule has 6 heteroatoms. The molecule has 1 heterocycles. The maximum absolute atomic E-state index is 13.8. The van der Waals surface area contributed by atoms with Gasteiger partial charge in [-0.05, 0) is 44.0 Å². The van der Waals surface area contributed by atoms with Gasteiger partial charge in [-0.3, -0.25) is 0 Å². The topological polar surface area (TPSA) is 34.2 Å². The number of hydrogen-bond donors (Lipinski definition) is 1. The summed E-state index contributed by atoms with van der Waals surface area (Å²) in [5.41, 5.74) is 1.61. The zero-order chi connectivity index (χ0) is 15.6. The van der Waals surface area contributed by atoms with Crippen molar-refractivity contribution < 1.29 is 13.5 Å². The van der Waals surface area contributed by atoms with E-state index in [1.807, 2.05) is 13.8 Å². The minimum atomic E-state index is -0.862. The number of ether oxygens (including phenoxy) is 1. The highest BCUT2D eigenvalue weighted by Crippen LogP contribution is 2.30. The summed E-state index contributed by atoms with van der Waals surface area (Å²) in [5.74, 6) is -1.55. The van der Waals surface area contributed by atoms with Crippen molar-refractivity contribution in [1.82, 2.24) is 4.98 Å². The van der Waals surface area contributed by atoms with E-state index >= 15 is 0 Å². The van der Waals surface area contributed by atoms with Crippen LogP contribution in [0.25, 0.3) is 0 Å². The molecule has 0 fully saturated rings. The monoisotopic (exact) mass is 312 g/mol. The minimum Gasteiger partial charge on any atom is -0.436 e. The van der Waals surface area contributed by atoms with Crippen molar-refractivity contribution in [1.29, 1.82) is 0 Å². The molecule has 1 N–H and O–H groups in total. The van der Waals surface area contributed by atoms with Crippen LogP contribution >= 0.6 is 11.6 Å². The molecule has 2 rings (SSSR count). The average Bonchev–Trinajstić information content (AvgIpc) is 2.41. The second kappa shape index (κ2) is 6.26. The van der Waals surface area contributed by atoms with E-state index in [0.29, 0.717) is 17.3 Å². The van der Waals surface area contributed by atoms with Crippen LogP contribution in [0.4, 0.5) is 14.6 Å². The van der Waals surface area contributed by atoms with Gasteiger partial charge in [-0.1, -0.05) is 11.6 Å². The molecular formula is C15H15ClF2N2O. The smallest absolute Gasteiger partial charge is 0.258 e. The molecule has 0 atom stereocenters. The molecular weight excluding hydrogens is 298 g/mol. The maximum Gasteiger partial charge on any atom is 0.258 e. The van der Waals surface area contributed by atoms with Crippen LogP contribution in [-0.2, 0) is 0 Å². The molecule has 0 unspecified atom stereocenters. The van der Waals surface area contributed by atoms with E-state index in [2.05, 4.69) is 10.3 Å². The van der Waals surface area contributed by atoms with Gasteiger partial charge in [0, 0.05) is 17.6 Å². The van der Waals surface area contributed by atoms with E-state index in [1.165, 1.54) is 0 Å². The summed E-state index contributed by atoms with van der Waals surface area (Å²) >= 11 is 6.07. The first-order chi connectivity index (χ1) is 9.92. The first-order valence-corrected chi connectivity index (χ1v) is 6.84. The number of nitrogens with one attached hydrogen (secondary N) is 1. The van der Waals surface area contributed by atoms with Crippen LogP contribution in [0.5, 0.6) is 11.6 Å². The number of halogens is 3. The van der Waals surface area contributed by atoms with Gasteiger partial charge < -0.3 is 10.1 Å². The van der Waals surface area contributed by atoms with E-state index in [0.717, 1.165) is 17.2 Å². The summed E-state index contributed by atoms with van der Waals surface area (Å²) in [6.45, 7) is 5.90. The molecule has 0 spiro atoms. The molecule has 21 heavy (non-hydrogen) atoms. The van der Waals surface area contributed by atoms with Gasteiger partial charge in [0.25, 0.3) is 5.88 Å². The molecule has 1 aromatic heterocycles. The normalized spacial score (nSPS) is 10.6. The highest BCUT2D eigenvalue weighted by Gasteiger charge is 2.14. The molecule has 3 nitrogen and oxygen atoms in total. The largest absolute Gasteiger partial charge is 0.436 e. The molecule has 1 aromatic carbocycles. The van der Waals surface area contributed by atoms with Gasteiger partial charge in [0.2, 0.25) is 0 Å². The summed E-state index contributed by atoms with van der Waals surface area (Å²) in [7, 11) is 0. The van der Waals surface area contributed by atoms with Gasteiger partial charge in [-0.15, -0.1) is 0 Å². The first kappa shape index (κ1) is 15.5. The Bertz CT molecular complexity index is 654. The number of pyridine rings is 1. The van der Waals surface area contributed by atoms with Crippen LogP contribution in [-0.4, -0.2) is 11.5 Å². The molecule has 0 saturated carbocycles. The van der Waals surface area contributed by atoms with Crippen molar-refractivity contribution in [3.05, 3.63) is 46.0 Å². The third-order valence-corrected chi connectivity index (χ3v) is 3.46. The van der Waals surface area contributed by atoms with E-state index in [9.17, 15) is 8.78 Å². The molecule has 112 valence electrons. The molecule has 0 aliphatic carbocycles. The highest BCUT2D eigenvalue weighted by molar-refractivity contribution is 6.32. The standard InChI is InChI=1S/C15H15ClF2N2O/c1-4-19-14-11(17)7-12(18)15(20-14)21-10-5-8(2)13(16)9(3)6-10/h5-7H,4H2,1-3H3,(H,19,20). The predicted molar refractivity (Wildman–Crippen MR) is 79.3 cm³/mol. The summed E-state index contributed by atoms with van der Waals surface area (Å²) in [6.07, 6.45) is 0. The maximum atomic E-state index is 13.8. The number of rotatable bonds is 4. The molecule has 0 saturated heterocycles. The van der Waals surface area contributed by atoms with Crippen LogP contribution in [0.2, 0.25) is 5.02 Å². The molecule has 0 aliphatic rings. The third kappa shape index (κ3) is 3.42. The number of anilines is 1. The highest BCUT2D eigenvalue weighted by atomic mass is 35.5. The Morgan fingerprint density at radius 3 is 2.33 bits per heavy atom. The van der Waals surface area contributed by atoms with Crippen LogP contribution in [0.15, 0.2) is 18.2 Å². The Morgan fingerprint density at radius 2 is 1.76 bits per heavy atom. The summed E-state index contributed by atoms with van der Waals surface area (Å²) < 4.78 is 32.7. The van der Waals surface area contributed by atoms with E-state index in [1.54, 1.807) is 19.1 Å². The van der Waals surface area contributed by atoms with Crippen LogP contribution in [0.1, 0.15) is 18.1 Å². The fourth-order valence-corrected chi connectivity index (χ4v) is 2.00. The zero-order valence-corrected chi connectivity index (χ0v) is 12.7. The summed E-state index contributed by atoms with van der Waals surface area (Å²) in [4.78, 5) is 3.82. The van der Waals surface area contributed by atoms with Gasteiger partial charge in [0.05, 0.1) is 0 Å². The SMILES string of the molecule is CCNc1nc(Oc2cc(C)c(Cl)c(C)c2)c(F)cc1F. The van der Waals surface area contributed by atoms with Gasteiger partial charge in [-0.25, -0.2) is 8.78 Å². The van der Waals surface area contributed by atoms with Crippen LogP contribution in [0.3, 0.4) is 0 Å². The quantitative estimate of drug-likeness (QED) is 0.876. The zero-order valence-electron chi connectivity index (χ0n) is 11.9. The second-order valence-corrected chi connectivity index (χ2v) is 4.99. The molecule has 0 bridgehead atoms. The van der Waals surface area contributed by atoms with E-state index in [4.69, 9.17) is 16.3 Å². The average molecular weight is 313 g/mol. The summed E-state index contributed by atoms with van der Waals surface area (Å²) in [5, 5.41) is 3.34. The van der Waals surface area contributed by atoms with Gasteiger partial charge >= 0.3 is 0 Å². The molecule has 2 aromatic rings. The predicted octanol–water partition coefficient (Wildman–Crippen LogP) is 4.85. The van der Waals surface area contributed by atoms with E-state index < -0.39 is 11.6 Å². The Morgan fingerprint density at radius 1 is 1.14 bits per heavy atom. The number of hydrogen-bond acceptors (Lipinski definition) is 3. The fraction of sp³-hybridized carbons (Fsp3) is 0.267. The van der Waals surface area contributed by atoms with Crippen molar-refractivity contribution in [2.75, 3.05) is 11.9 Å². The number of aromatic nitrogens is 1. The van der Waals surface area contributed by atoms with Crippen molar-refractivity contribution in [2.45, 2.75) is 20.8 Å². The molecule has 0 amide bonds. The lowest BCUT2D eigenvalue weighted by molar-refractivity contribution is 0.417. The van der Waals surface area contributed by atoms with Crippen LogP contribution < -0.4 is 10.1 Å². The van der Waals surface area contributed by atoms with Crippen LogP contribution in [0, 0.1) is 25.5 Å². The van der Waals surface area contributed by atoms with Gasteiger partial charge in [-0.2, -0.15) is 4.98 Å². The fourth-order valence-electron chi connectivity index (χ4n) is 1.89. The Balaban J connectivity index is 2.37. The second-order valence-electron chi connectivity index (χ2n) is 4.61. The van der Waals surface area contributed by atoms with Crippen molar-refractivity contribution in [2.24, 2.45) is 0 Å². The molecule has 0 radical (unpaired) electrons. The number of aryl methyl sites for hydroxylation is 2. The van der Waals surface area contributed by atoms with Gasteiger partial charge in [0.15, 0.2) is 17.5 Å². The lowest BCUT2D eigenvalue weighted by atomic mass is 10.1. The van der Waals surface area contributed by atoms with Crippen molar-refractivity contribution in [3.63, 3.8) is 0 Å². The Hall–Kier alpha value is -1.88. The Labute approximate surface area is 126 Å². The van der Waals surface area contributed by atoms with Crippen molar-refractivity contribution >= 4 is 17.4 Å². The van der Waals surface area contributed by atoms with Gasteiger partial charge in [0.1, 0.15) is 5.75 Å². The lowest BCUT2D eigenvalue weighted by Crippen LogP contribution is -2.04. The van der Waals surface area contributed by atoms with Crippen molar-refractivity contribution in [3.8, 4) is 11.6 Å². The van der Waals surface area contributed by atoms with E-state index in [-0.39, 0.29) is 11.7 Å². The lowest BCUT2D eigenvalue weighted by Gasteiger charge is -2.11. The Kier molecular flexibility index (Phi) is 4.63. The minimum absolute atomic E-state index is 0.0451. The molecule has 0 aliphatic heterocycles. The number of nitrogens with zero attached hydrogens (tertiary/aromatic N) is 1. The first-order valence-electron chi connectivity index (χ1n) is 6.47. The third-order valence-electron chi connectivity index (χ3n) is 2.87. The summed E-state index contributed by atoms with van der Waals surface area (Å²) in [6, 6.07) is 4.09. The number of benzene rings is 1.